The van der Waals surface area contributed by atoms with Crippen molar-refractivity contribution in [2.75, 3.05) is 0 Å². The van der Waals surface area contributed by atoms with Crippen LogP contribution in [0.1, 0.15) is 0 Å². The number of para-hydroxylation sites is 2. The van der Waals surface area contributed by atoms with Crippen molar-refractivity contribution in [2.45, 2.75) is 10.2 Å². The maximum absolute atomic E-state index is 11.0. The van der Waals surface area contributed by atoms with Crippen molar-refractivity contribution in [1.82, 2.24) is 15.0 Å². The van der Waals surface area contributed by atoms with Gasteiger partial charge in [-0.2, -0.15) is 0 Å². The fourth-order valence-electron chi connectivity index (χ4n) is 1.69. The second kappa shape index (κ2) is 5.10. The lowest BCUT2D eigenvalue weighted by Gasteiger charge is -1.99. The van der Waals surface area contributed by atoms with E-state index >= 15 is 0 Å². The van der Waals surface area contributed by atoms with Gasteiger partial charge < -0.3 is 4.98 Å². The van der Waals surface area contributed by atoms with Crippen LogP contribution in [-0.4, -0.2) is 19.9 Å². The first-order chi connectivity index (χ1) is 9.63. The summed E-state index contributed by atoms with van der Waals surface area (Å²) in [6.45, 7) is 0. The molecule has 0 aliphatic rings. The van der Waals surface area contributed by atoms with Crippen LogP contribution in [0.25, 0.3) is 11.0 Å². The smallest absolute Gasteiger partial charge is 0.301 e. The molecule has 0 radical (unpaired) electrons. The third-order valence-corrected chi connectivity index (χ3v) is 3.65. The molecule has 0 spiro atoms. The Labute approximate surface area is 122 Å². The first-order valence-electron chi connectivity index (χ1n) is 5.57. The number of nitrogens with one attached hydrogen (secondary N) is 1. The quantitative estimate of drug-likeness (QED) is 0.453. The first-order valence-corrected chi connectivity index (χ1v) is 6.76. The Hall–Kier alpha value is -2.12. The molecule has 0 bridgehead atoms. The summed E-state index contributed by atoms with van der Waals surface area (Å²) in [5, 5.41) is 11.9. The molecule has 0 amide bonds. The van der Waals surface area contributed by atoms with Crippen molar-refractivity contribution < 1.29 is 4.92 Å². The van der Waals surface area contributed by atoms with E-state index in [1.165, 1.54) is 12.1 Å². The summed E-state index contributed by atoms with van der Waals surface area (Å²) in [6.07, 6.45) is 0. The Balaban J connectivity index is 2.01. The second-order valence-electron chi connectivity index (χ2n) is 3.88. The number of pyridine rings is 1. The topological polar surface area (TPSA) is 84.7 Å². The fourth-order valence-corrected chi connectivity index (χ4v) is 2.77. The van der Waals surface area contributed by atoms with Crippen molar-refractivity contribution in [1.29, 1.82) is 0 Å². The summed E-state index contributed by atoms with van der Waals surface area (Å²) >= 11 is 6.87. The van der Waals surface area contributed by atoms with Crippen LogP contribution < -0.4 is 0 Å². The van der Waals surface area contributed by atoms with Crippen molar-refractivity contribution in [2.24, 2.45) is 0 Å². The lowest BCUT2D eigenvalue weighted by molar-refractivity contribution is -0.388. The number of aromatic nitrogens is 3. The Kier molecular flexibility index (Phi) is 3.29. The van der Waals surface area contributed by atoms with Gasteiger partial charge in [0.1, 0.15) is 5.15 Å². The molecule has 2 aromatic heterocycles. The number of H-pyrrole nitrogens is 1. The number of fused-ring (bicyclic) bond motifs is 1. The van der Waals surface area contributed by atoms with Crippen LogP contribution >= 0.6 is 23.4 Å². The first kappa shape index (κ1) is 12.9. The van der Waals surface area contributed by atoms with Crippen molar-refractivity contribution in [3.05, 3.63) is 51.7 Å². The minimum atomic E-state index is -0.492. The second-order valence-corrected chi connectivity index (χ2v) is 5.24. The Morgan fingerprint density at radius 3 is 2.75 bits per heavy atom. The van der Waals surface area contributed by atoms with Crippen LogP contribution in [0, 0.1) is 10.1 Å². The predicted octanol–water partition coefficient (Wildman–Crippen LogP) is 3.67. The van der Waals surface area contributed by atoms with Gasteiger partial charge in [-0.05, 0) is 30.0 Å². The molecule has 100 valence electrons. The van der Waals surface area contributed by atoms with Crippen molar-refractivity contribution in [3.8, 4) is 0 Å². The van der Waals surface area contributed by atoms with Crippen LogP contribution in [0.3, 0.4) is 0 Å². The van der Waals surface area contributed by atoms with Gasteiger partial charge in [0.25, 0.3) is 0 Å². The highest BCUT2D eigenvalue weighted by atomic mass is 35.5. The van der Waals surface area contributed by atoms with Gasteiger partial charge in [0.05, 0.1) is 16.0 Å². The molecule has 20 heavy (non-hydrogen) atoms. The van der Waals surface area contributed by atoms with E-state index < -0.39 is 4.92 Å². The number of nitro groups is 1. The molecule has 0 unspecified atom stereocenters. The largest absolute Gasteiger partial charge is 0.333 e. The zero-order chi connectivity index (χ0) is 14.1. The molecular weight excluding hydrogens is 300 g/mol. The fraction of sp³-hybridized carbons (Fsp3) is 0. The van der Waals surface area contributed by atoms with Crippen LogP contribution in [0.2, 0.25) is 5.15 Å². The molecule has 0 saturated heterocycles. The van der Waals surface area contributed by atoms with E-state index in [1.54, 1.807) is 0 Å². The molecule has 3 rings (SSSR count). The minimum absolute atomic E-state index is 0.0974. The molecule has 2 heterocycles. The maximum Gasteiger partial charge on any atom is 0.301 e. The van der Waals surface area contributed by atoms with E-state index in [0.29, 0.717) is 5.16 Å². The highest BCUT2D eigenvalue weighted by Crippen LogP contribution is 2.33. The van der Waals surface area contributed by atoms with Gasteiger partial charge in [0.2, 0.25) is 0 Å². The number of halogens is 1. The Morgan fingerprint density at radius 2 is 2.00 bits per heavy atom. The van der Waals surface area contributed by atoms with Crippen LogP contribution in [0.15, 0.2) is 46.6 Å². The molecule has 8 heteroatoms. The number of aromatic amines is 1. The SMILES string of the molecule is O=[N+]([O-])c1ccc(Cl)nc1Sc1nc2ccccc2[nH]1. The van der Waals surface area contributed by atoms with Crippen LogP contribution in [-0.2, 0) is 0 Å². The van der Waals surface area contributed by atoms with Gasteiger partial charge in [-0.25, -0.2) is 9.97 Å². The lowest BCUT2D eigenvalue weighted by atomic mass is 10.3. The molecule has 0 atom stereocenters. The van der Waals surface area contributed by atoms with Gasteiger partial charge in [0, 0.05) is 6.07 Å². The summed E-state index contributed by atoms with van der Waals surface area (Å²) in [6, 6.07) is 10.2. The lowest BCUT2D eigenvalue weighted by Crippen LogP contribution is -1.93. The van der Waals surface area contributed by atoms with Gasteiger partial charge in [-0.15, -0.1) is 0 Å². The number of hydrogen-bond acceptors (Lipinski definition) is 5. The molecule has 0 fully saturated rings. The predicted molar refractivity (Wildman–Crippen MR) is 76.1 cm³/mol. The highest BCUT2D eigenvalue weighted by molar-refractivity contribution is 7.99. The third kappa shape index (κ3) is 2.45. The summed E-state index contributed by atoms with van der Waals surface area (Å²) in [5.74, 6) is 0. The van der Waals surface area contributed by atoms with Crippen molar-refractivity contribution >= 4 is 40.1 Å². The van der Waals surface area contributed by atoms with E-state index in [-0.39, 0.29) is 15.9 Å². The van der Waals surface area contributed by atoms with Crippen LogP contribution in [0.5, 0.6) is 0 Å². The standard InChI is InChI=1S/C12H7ClN4O2S/c13-10-6-5-9(17(18)19)11(16-10)20-12-14-7-3-1-2-4-8(7)15-12/h1-6H,(H,14,15). The van der Waals surface area contributed by atoms with E-state index in [0.717, 1.165) is 22.8 Å². The van der Waals surface area contributed by atoms with E-state index in [4.69, 9.17) is 11.6 Å². The number of hydrogen-bond donors (Lipinski definition) is 1. The average Bonchev–Trinajstić information content (AvgIpc) is 2.80. The molecule has 6 nitrogen and oxygen atoms in total. The number of benzene rings is 1. The highest BCUT2D eigenvalue weighted by Gasteiger charge is 2.18. The molecule has 1 aromatic carbocycles. The molecule has 0 aliphatic carbocycles. The van der Waals surface area contributed by atoms with Gasteiger partial charge >= 0.3 is 5.69 Å². The minimum Gasteiger partial charge on any atom is -0.333 e. The van der Waals surface area contributed by atoms with Gasteiger partial charge in [-0.1, -0.05) is 23.7 Å². The summed E-state index contributed by atoms with van der Waals surface area (Å²) < 4.78 is 0. The molecule has 0 saturated carbocycles. The molecule has 0 aliphatic heterocycles. The summed E-state index contributed by atoms with van der Waals surface area (Å²) in [4.78, 5) is 21.9. The van der Waals surface area contributed by atoms with Crippen molar-refractivity contribution in [3.63, 3.8) is 0 Å². The van der Waals surface area contributed by atoms with E-state index in [2.05, 4.69) is 15.0 Å². The summed E-state index contributed by atoms with van der Waals surface area (Å²) in [7, 11) is 0. The van der Waals surface area contributed by atoms with Gasteiger partial charge in [-0.3, -0.25) is 10.1 Å². The zero-order valence-electron chi connectivity index (χ0n) is 9.91. The maximum atomic E-state index is 11.0. The monoisotopic (exact) mass is 306 g/mol. The number of nitrogens with zero attached hydrogens (tertiary/aromatic N) is 3. The zero-order valence-corrected chi connectivity index (χ0v) is 11.5. The number of imidazole rings is 1. The normalized spacial score (nSPS) is 10.8. The molecule has 3 aromatic rings. The van der Waals surface area contributed by atoms with Crippen LogP contribution in [0.4, 0.5) is 5.69 Å². The molecule has 1 N–H and O–H groups in total. The van der Waals surface area contributed by atoms with Gasteiger partial charge in [0.15, 0.2) is 10.2 Å². The van der Waals surface area contributed by atoms with E-state index in [9.17, 15) is 10.1 Å². The third-order valence-electron chi connectivity index (χ3n) is 2.56. The van der Waals surface area contributed by atoms with E-state index in [1.807, 2.05) is 24.3 Å². The number of rotatable bonds is 3. The average molecular weight is 307 g/mol. The Morgan fingerprint density at radius 1 is 1.20 bits per heavy atom. The molecular formula is C12H7ClN4O2S. The Bertz CT molecular complexity index is 772. The summed E-state index contributed by atoms with van der Waals surface area (Å²) in [5.41, 5.74) is 1.55.